The Morgan fingerprint density at radius 3 is 1.11 bits per heavy atom. The van der Waals surface area contributed by atoms with Gasteiger partial charge in [-0.1, -0.05) is 0 Å². The van der Waals surface area contributed by atoms with Crippen LogP contribution in [0.5, 0.6) is 11.5 Å². The number of aromatic nitrogens is 4. The first-order valence-electron chi connectivity index (χ1n) is 26.9. The molecule has 2 aliphatic rings. The number of aliphatic hydroxyl groups is 8. The van der Waals surface area contributed by atoms with Gasteiger partial charge in [0.1, 0.15) is 94.3 Å². The summed E-state index contributed by atoms with van der Waals surface area (Å²) in [4.78, 5) is 15.5. The second-order valence-corrected chi connectivity index (χ2v) is 24.6. The number of ether oxygens (including phenoxy) is 10. The van der Waals surface area contributed by atoms with Crippen molar-refractivity contribution >= 4 is 80.0 Å². The van der Waals surface area contributed by atoms with Crippen LogP contribution in [0.3, 0.4) is 0 Å². The van der Waals surface area contributed by atoms with Crippen molar-refractivity contribution < 1.29 is 88.2 Å². The van der Waals surface area contributed by atoms with E-state index in [4.69, 9.17) is 66.1 Å². The van der Waals surface area contributed by atoms with Crippen LogP contribution in [-0.4, -0.2) is 224 Å². The van der Waals surface area contributed by atoms with Crippen molar-refractivity contribution in [1.82, 2.24) is 18.7 Å². The molecule has 9 rings (SSSR count). The fraction of sp³-hybridized carbons (Fsp3) is 0.500. The zero-order valence-electron chi connectivity index (χ0n) is 45.5. The smallest absolute Gasteiger partial charge is 0.185 e. The number of hydrogen-bond acceptors (Lipinski definition) is 27. The van der Waals surface area contributed by atoms with Crippen LogP contribution in [0.25, 0.3) is 65.5 Å². The molecule has 10 unspecified atom stereocenters. The fourth-order valence-electron chi connectivity index (χ4n) is 8.85. The minimum atomic E-state index is -1.57. The Morgan fingerprint density at radius 2 is 0.759 bits per heavy atom. The van der Waals surface area contributed by atoms with Gasteiger partial charge in [0, 0.05) is 53.3 Å². The summed E-state index contributed by atoms with van der Waals surface area (Å²) in [5, 5.41) is 78.5. The molecular weight excluding hydrogens is 1180 g/mol. The summed E-state index contributed by atoms with van der Waals surface area (Å²) in [6.45, 7) is 8.98. The maximum atomic E-state index is 10.1. The lowest BCUT2D eigenvalue weighted by Crippen LogP contribution is -2.56. The van der Waals surface area contributed by atoms with E-state index in [1.165, 1.54) is 35.3 Å². The third-order valence-corrected chi connectivity index (χ3v) is 18.0. The Balaban J connectivity index is 0.778. The zero-order chi connectivity index (χ0) is 58.2. The van der Waals surface area contributed by atoms with E-state index in [0.29, 0.717) is 127 Å². The van der Waals surface area contributed by atoms with E-state index in [0.717, 1.165) is 63.8 Å². The first-order chi connectivity index (χ1) is 40.4. The highest BCUT2D eigenvalue weighted by molar-refractivity contribution is 8.00. The third kappa shape index (κ3) is 16.7. The average molecular weight is 1250 g/mol. The van der Waals surface area contributed by atoms with Crippen molar-refractivity contribution in [2.75, 3.05) is 104 Å². The van der Waals surface area contributed by atoms with Crippen LogP contribution in [0.1, 0.15) is 9.75 Å². The number of benzene rings is 3. The largest absolute Gasteiger partial charge is 0.491 e. The molecule has 27 heteroatoms. The van der Waals surface area contributed by atoms with E-state index in [9.17, 15) is 40.9 Å². The van der Waals surface area contributed by atoms with Gasteiger partial charge < -0.3 is 88.2 Å². The van der Waals surface area contributed by atoms with Gasteiger partial charge in [-0.15, -0.1) is 46.2 Å². The van der Waals surface area contributed by atoms with E-state index in [1.807, 2.05) is 48.5 Å². The maximum Gasteiger partial charge on any atom is 0.185 e. The molecule has 2 fully saturated rings. The summed E-state index contributed by atoms with van der Waals surface area (Å²) in [6, 6.07) is 24.0. The van der Waals surface area contributed by atoms with Crippen molar-refractivity contribution in [3.8, 4) is 54.9 Å². The van der Waals surface area contributed by atoms with Gasteiger partial charge in [-0.3, -0.25) is 0 Å². The minimum absolute atomic E-state index is 0.314. The topological polar surface area (TPSA) is 306 Å². The van der Waals surface area contributed by atoms with Crippen molar-refractivity contribution in [2.45, 2.75) is 73.9 Å². The highest BCUT2D eigenvalue weighted by atomic mass is 32.2. The van der Waals surface area contributed by atoms with E-state index in [1.54, 1.807) is 22.7 Å². The second-order valence-electron chi connectivity index (χ2n) is 19.0. The number of nitrogens with zero attached hydrogens (tertiary/aromatic N) is 4. The normalized spacial score (nSPS) is 22.9. The maximum absolute atomic E-state index is 10.1. The van der Waals surface area contributed by atoms with Crippen LogP contribution in [0.4, 0.5) is 0 Å². The van der Waals surface area contributed by atoms with Crippen LogP contribution in [0.2, 0.25) is 0 Å². The van der Waals surface area contributed by atoms with Gasteiger partial charge in [0.15, 0.2) is 12.6 Å². The molecule has 0 bridgehead atoms. The molecule has 0 amide bonds. The van der Waals surface area contributed by atoms with Crippen LogP contribution >= 0.6 is 57.9 Å². The SMILES string of the molecule is Cc1ccc(-c2c3nsnc3c(-c3ccc(C)s3)c3nc(-c4ccc(OCCOCCOCCOCCSC5OC(O)C(O)C(O)C5O)cc4)c(-c4ccc(OCCOCCOCCOCCSC5OC(O)C(O)C(O)C5O)cc4)nc23)s1. The molecule has 8 N–H and O–H groups in total. The lowest BCUT2D eigenvalue weighted by molar-refractivity contribution is -0.261. The predicted octanol–water partition coefficient (Wildman–Crippen LogP) is 4.88. The lowest BCUT2D eigenvalue weighted by atomic mass is 9.99. The molecule has 3 aromatic carbocycles. The Morgan fingerprint density at radius 1 is 0.410 bits per heavy atom. The summed E-state index contributed by atoms with van der Waals surface area (Å²) in [7, 11) is 0. The third-order valence-electron chi connectivity index (χ3n) is 13.1. The number of aryl methyl sites for hydroxylation is 2. The van der Waals surface area contributed by atoms with Gasteiger partial charge in [-0.2, -0.15) is 8.75 Å². The first kappa shape index (κ1) is 63.4. The molecule has 0 saturated carbocycles. The number of thioether (sulfide) groups is 2. The van der Waals surface area contributed by atoms with Crippen molar-refractivity contribution in [3.63, 3.8) is 0 Å². The number of aliphatic hydroxyl groups excluding tert-OH is 8. The van der Waals surface area contributed by atoms with Gasteiger partial charge in [0.05, 0.1) is 102 Å². The Labute approximate surface area is 499 Å². The lowest BCUT2D eigenvalue weighted by Gasteiger charge is -2.37. The molecular formula is C56H68N4O18S5. The summed E-state index contributed by atoms with van der Waals surface area (Å²) >= 11 is 6.87. The number of rotatable bonds is 32. The minimum Gasteiger partial charge on any atom is -0.491 e. The van der Waals surface area contributed by atoms with Crippen molar-refractivity contribution in [2.24, 2.45) is 0 Å². The summed E-state index contributed by atoms with van der Waals surface area (Å²) in [6.07, 6.45) is -11.9. The van der Waals surface area contributed by atoms with Gasteiger partial charge in [0.25, 0.3) is 0 Å². The van der Waals surface area contributed by atoms with E-state index in [-0.39, 0.29) is 0 Å². The molecule has 0 spiro atoms. The predicted molar refractivity (Wildman–Crippen MR) is 316 cm³/mol. The van der Waals surface area contributed by atoms with Gasteiger partial charge in [0.2, 0.25) is 0 Å². The van der Waals surface area contributed by atoms with Gasteiger partial charge in [-0.05, 0) is 86.6 Å². The number of hydrogen-bond donors (Lipinski definition) is 8. The van der Waals surface area contributed by atoms with Crippen molar-refractivity contribution in [1.29, 1.82) is 0 Å². The highest BCUT2D eigenvalue weighted by Gasteiger charge is 2.44. The van der Waals surface area contributed by atoms with Crippen molar-refractivity contribution in [3.05, 3.63) is 82.6 Å². The molecule has 0 aliphatic carbocycles. The molecule has 6 heterocycles. The molecule has 10 atom stereocenters. The molecule has 7 aromatic rings. The molecule has 450 valence electrons. The Hall–Kier alpha value is -4.12. The highest BCUT2D eigenvalue weighted by Crippen LogP contribution is 2.47. The molecule has 83 heavy (non-hydrogen) atoms. The van der Waals surface area contributed by atoms with Crippen LogP contribution in [0.15, 0.2) is 72.8 Å². The Bertz CT molecular complexity index is 2900. The van der Waals surface area contributed by atoms with Crippen LogP contribution in [0, 0.1) is 13.8 Å². The van der Waals surface area contributed by atoms with E-state index < -0.39 is 60.1 Å². The Kier molecular flexibility index (Phi) is 24.1. The molecule has 4 aromatic heterocycles. The average Bonchev–Trinajstić information content (AvgIpc) is 3.43. The van der Waals surface area contributed by atoms with E-state index in [2.05, 4.69) is 38.1 Å². The monoisotopic (exact) mass is 1240 g/mol. The molecule has 22 nitrogen and oxygen atoms in total. The zero-order valence-corrected chi connectivity index (χ0v) is 49.6. The summed E-state index contributed by atoms with van der Waals surface area (Å²) < 4.78 is 66.1. The van der Waals surface area contributed by atoms with E-state index >= 15 is 0 Å². The summed E-state index contributed by atoms with van der Waals surface area (Å²) in [5.74, 6) is 2.18. The standard InChI is InChI=1S/C56H68N4O18S5/c1-31-3-13-37(81-31)39-43-44(40(38-14-4-32(2)82-38)46-45(39)59-83-60-46)58-42(34-7-11-36(12-8-34)76-26-24-72-18-16-70-20-22-74-28-30-80-56-52(66)48(62)50(64)54(68)78-56)41(57-43)33-5-9-35(10-6-33)75-25-23-71-17-15-69-19-21-73-27-29-79-55-51(65)47(61)49(63)53(67)77-55/h3-14,47-56,61-68H,15-30H2,1-2H3. The van der Waals surface area contributed by atoms with Crippen LogP contribution < -0.4 is 9.47 Å². The number of fused-ring (bicyclic) bond motifs is 2. The molecule has 2 saturated heterocycles. The second kappa shape index (κ2) is 31.5. The molecule has 2 aliphatic heterocycles. The summed E-state index contributed by atoms with van der Waals surface area (Å²) in [5.41, 5.74) is 6.01. The quantitative estimate of drug-likeness (QED) is 0.0261. The fourth-order valence-corrected chi connectivity index (χ4v) is 13.2. The first-order valence-corrected chi connectivity index (χ1v) is 31.4. The van der Waals surface area contributed by atoms with Gasteiger partial charge >= 0.3 is 0 Å². The van der Waals surface area contributed by atoms with Crippen LogP contribution in [-0.2, 0) is 37.9 Å². The van der Waals surface area contributed by atoms with Gasteiger partial charge in [-0.25, -0.2) is 9.97 Å². The number of thiophene rings is 2. The molecule has 0 radical (unpaired) electrons.